The lowest BCUT2D eigenvalue weighted by Gasteiger charge is -2.48. The maximum atomic E-state index is 14.9. The minimum Gasteiger partial charge on any atom is -0.472 e. The average Bonchev–Trinajstić information content (AvgIpc) is 3.11. The van der Waals surface area contributed by atoms with Gasteiger partial charge in [-0.2, -0.15) is 8.42 Å². The van der Waals surface area contributed by atoms with Crippen LogP contribution in [0.1, 0.15) is 5.56 Å². The maximum Gasteiger partial charge on any atom is 0.299 e. The van der Waals surface area contributed by atoms with Gasteiger partial charge in [-0.1, -0.05) is 18.2 Å². The second kappa shape index (κ2) is 6.30. The molecule has 1 aliphatic rings. The second-order valence-corrected chi connectivity index (χ2v) is 7.17. The summed E-state index contributed by atoms with van der Waals surface area (Å²) in [5, 5.41) is 31.0. The van der Waals surface area contributed by atoms with Gasteiger partial charge < -0.3 is 29.2 Å². The standard InChI is InChI=1S/C15H15FO9S/c16-15(19)11(17)14(18,9-6-7-23-8-9)13(26(20,21)22)25-12(15)24-10-4-2-1-3-5-10/h1-8,11-13,17-19H,(H,20,21,22)/t11-,12+,13?,14-,15+/m0/s1. The molecule has 9 nitrogen and oxygen atoms in total. The molecular weight excluding hydrogens is 375 g/mol. The van der Waals surface area contributed by atoms with Crippen LogP contribution in [0.15, 0.2) is 53.3 Å². The molecule has 1 aromatic carbocycles. The fourth-order valence-corrected chi connectivity index (χ4v) is 3.65. The van der Waals surface area contributed by atoms with Crippen molar-refractivity contribution in [3.8, 4) is 5.75 Å². The van der Waals surface area contributed by atoms with Gasteiger partial charge in [-0.15, -0.1) is 0 Å². The molecule has 0 spiro atoms. The Morgan fingerprint density at radius 1 is 1.15 bits per heavy atom. The highest BCUT2D eigenvalue weighted by Crippen LogP contribution is 2.45. The van der Waals surface area contributed by atoms with Crippen molar-refractivity contribution in [2.75, 3.05) is 0 Å². The molecule has 0 aliphatic carbocycles. The Kier molecular flexibility index (Phi) is 4.55. The van der Waals surface area contributed by atoms with E-state index in [1.165, 1.54) is 24.3 Å². The topological polar surface area (TPSA) is 147 Å². The summed E-state index contributed by atoms with van der Waals surface area (Å²) >= 11 is 0. The van der Waals surface area contributed by atoms with Gasteiger partial charge in [0, 0.05) is 5.56 Å². The summed E-state index contributed by atoms with van der Waals surface area (Å²) in [6.45, 7) is 0. The molecule has 1 fully saturated rings. The summed E-state index contributed by atoms with van der Waals surface area (Å²) in [7, 11) is -5.20. The minimum absolute atomic E-state index is 0.0244. The molecule has 1 saturated heterocycles. The lowest BCUT2D eigenvalue weighted by Crippen LogP contribution is -2.71. The summed E-state index contributed by atoms with van der Waals surface area (Å²) in [5.74, 6) is -3.77. The molecule has 0 saturated carbocycles. The van der Waals surface area contributed by atoms with Gasteiger partial charge in [0.1, 0.15) is 5.75 Å². The van der Waals surface area contributed by atoms with Gasteiger partial charge in [0.15, 0.2) is 11.7 Å². The fourth-order valence-electron chi connectivity index (χ4n) is 2.69. The molecule has 2 aromatic rings. The van der Waals surface area contributed by atoms with Crippen molar-refractivity contribution in [3.63, 3.8) is 0 Å². The van der Waals surface area contributed by atoms with E-state index in [4.69, 9.17) is 13.9 Å². The van der Waals surface area contributed by atoms with Gasteiger partial charge in [-0.3, -0.25) is 4.55 Å². The van der Waals surface area contributed by atoms with Gasteiger partial charge in [0.05, 0.1) is 12.5 Å². The Morgan fingerprint density at radius 3 is 2.35 bits per heavy atom. The Balaban J connectivity index is 2.06. The third-order valence-electron chi connectivity index (χ3n) is 3.98. The van der Waals surface area contributed by atoms with Crippen LogP contribution in [0.5, 0.6) is 5.75 Å². The normalized spacial score (nSPS) is 35.2. The van der Waals surface area contributed by atoms with Gasteiger partial charge in [0.25, 0.3) is 22.3 Å². The first-order chi connectivity index (χ1) is 12.1. The quantitative estimate of drug-likeness (QED) is 0.535. The van der Waals surface area contributed by atoms with Gasteiger partial charge in [-0.05, 0) is 18.2 Å². The largest absolute Gasteiger partial charge is 0.472 e. The van der Waals surface area contributed by atoms with E-state index in [0.29, 0.717) is 0 Å². The molecule has 11 heteroatoms. The highest BCUT2D eigenvalue weighted by molar-refractivity contribution is 7.86. The molecule has 1 aromatic heterocycles. The van der Waals surface area contributed by atoms with E-state index in [1.807, 2.05) is 0 Å². The first-order valence-electron chi connectivity index (χ1n) is 7.25. The van der Waals surface area contributed by atoms with Crippen LogP contribution in [0.25, 0.3) is 0 Å². The first-order valence-corrected chi connectivity index (χ1v) is 8.76. The van der Waals surface area contributed by atoms with E-state index < -0.39 is 45.0 Å². The van der Waals surface area contributed by atoms with Crippen molar-refractivity contribution in [2.45, 2.75) is 29.3 Å². The van der Waals surface area contributed by atoms with Crippen molar-refractivity contribution < 1.29 is 46.6 Å². The smallest absolute Gasteiger partial charge is 0.299 e. The Labute approximate surface area is 147 Å². The second-order valence-electron chi connectivity index (χ2n) is 5.71. The predicted octanol–water partition coefficient (Wildman–Crippen LogP) is 0.135. The lowest BCUT2D eigenvalue weighted by molar-refractivity contribution is -0.376. The number of hydrogen-bond acceptors (Lipinski definition) is 8. The van der Waals surface area contributed by atoms with Crippen LogP contribution >= 0.6 is 0 Å². The zero-order chi connectivity index (χ0) is 19.2. The van der Waals surface area contributed by atoms with Crippen molar-refractivity contribution >= 4 is 10.1 Å². The van der Waals surface area contributed by atoms with Crippen molar-refractivity contribution in [2.24, 2.45) is 0 Å². The minimum atomic E-state index is -5.20. The summed E-state index contributed by atoms with van der Waals surface area (Å²) in [5.41, 5.74) is -6.10. The van der Waals surface area contributed by atoms with Gasteiger partial charge >= 0.3 is 0 Å². The van der Waals surface area contributed by atoms with Crippen LogP contribution in [0, 0.1) is 0 Å². The molecular formula is C15H15FO9S. The van der Waals surface area contributed by atoms with E-state index in [1.54, 1.807) is 6.07 Å². The number of aliphatic hydroxyl groups excluding tert-OH is 1. The molecule has 2 heterocycles. The van der Waals surface area contributed by atoms with E-state index in [2.05, 4.69) is 0 Å². The molecule has 1 unspecified atom stereocenters. The van der Waals surface area contributed by atoms with Crippen LogP contribution in [0.2, 0.25) is 0 Å². The molecule has 0 bridgehead atoms. The maximum absolute atomic E-state index is 14.9. The average molecular weight is 390 g/mol. The summed E-state index contributed by atoms with van der Waals surface area (Å²) < 4.78 is 62.3. The molecule has 0 amide bonds. The number of ether oxygens (including phenoxy) is 2. The van der Waals surface area contributed by atoms with Crippen molar-refractivity contribution in [1.82, 2.24) is 0 Å². The number of hydrogen-bond donors (Lipinski definition) is 4. The van der Waals surface area contributed by atoms with E-state index in [-0.39, 0.29) is 5.75 Å². The highest BCUT2D eigenvalue weighted by atomic mass is 32.2. The number of rotatable bonds is 4. The van der Waals surface area contributed by atoms with Crippen LogP contribution in [0.3, 0.4) is 0 Å². The Morgan fingerprint density at radius 2 is 1.81 bits per heavy atom. The molecule has 5 atom stereocenters. The third-order valence-corrected chi connectivity index (χ3v) is 4.99. The van der Waals surface area contributed by atoms with Crippen LogP contribution in [-0.2, 0) is 20.5 Å². The highest BCUT2D eigenvalue weighted by Gasteiger charge is 2.69. The van der Waals surface area contributed by atoms with E-state index >= 15 is 0 Å². The number of furan rings is 1. The zero-order valence-electron chi connectivity index (χ0n) is 13.0. The summed E-state index contributed by atoms with van der Waals surface area (Å²) in [6, 6.07) is 8.35. The number of benzene rings is 1. The fraction of sp³-hybridized carbons (Fsp3) is 0.333. The van der Waals surface area contributed by atoms with Crippen LogP contribution in [-0.4, -0.2) is 52.0 Å². The van der Waals surface area contributed by atoms with E-state index in [0.717, 1.165) is 18.6 Å². The molecule has 4 N–H and O–H groups in total. The van der Waals surface area contributed by atoms with Crippen LogP contribution in [0.4, 0.5) is 4.39 Å². The molecule has 0 radical (unpaired) electrons. The predicted molar refractivity (Wildman–Crippen MR) is 81.9 cm³/mol. The van der Waals surface area contributed by atoms with Gasteiger partial charge in [0.2, 0.25) is 5.44 Å². The SMILES string of the molecule is O=S(=O)(O)C1O[C@@H](Oc2ccccc2)[C@@](O)(F)[C@@H](O)[C@@]1(O)c1ccoc1. The van der Waals surface area contributed by atoms with Gasteiger partial charge in [-0.25, -0.2) is 4.39 Å². The molecule has 26 heavy (non-hydrogen) atoms. The summed E-state index contributed by atoms with van der Waals surface area (Å²) in [6.07, 6.45) is -3.34. The monoisotopic (exact) mass is 390 g/mol. The molecule has 142 valence electrons. The molecule has 3 rings (SSSR count). The first kappa shape index (κ1) is 18.8. The summed E-state index contributed by atoms with van der Waals surface area (Å²) in [4.78, 5) is 0. The molecule has 1 aliphatic heterocycles. The number of para-hydroxylation sites is 1. The number of alkyl halides is 1. The van der Waals surface area contributed by atoms with Crippen LogP contribution < -0.4 is 4.74 Å². The third kappa shape index (κ3) is 2.98. The van der Waals surface area contributed by atoms with Crippen molar-refractivity contribution in [3.05, 3.63) is 54.5 Å². The van der Waals surface area contributed by atoms with E-state index in [9.17, 15) is 32.7 Å². The Hall–Kier alpha value is -2.02. The Bertz CT molecular complexity index is 853. The number of aliphatic hydroxyl groups is 3. The zero-order valence-corrected chi connectivity index (χ0v) is 13.8. The van der Waals surface area contributed by atoms with Crippen molar-refractivity contribution in [1.29, 1.82) is 0 Å². The lowest BCUT2D eigenvalue weighted by atomic mass is 9.84. The number of halogens is 1.